The van der Waals surface area contributed by atoms with Crippen LogP contribution in [0.5, 0.6) is 0 Å². The molecule has 0 saturated heterocycles. The molecule has 0 spiro atoms. The Kier molecular flexibility index (Phi) is 2.19. The van der Waals surface area contributed by atoms with Gasteiger partial charge in [0.1, 0.15) is 5.82 Å². The SMILES string of the molecule is Nc1ncc(C2CCC2)cc1CO. The Morgan fingerprint density at radius 1 is 1.54 bits per heavy atom. The highest BCUT2D eigenvalue weighted by atomic mass is 16.3. The first-order valence-corrected chi connectivity index (χ1v) is 4.66. The Balaban J connectivity index is 2.26. The molecule has 0 bridgehead atoms. The number of anilines is 1. The average molecular weight is 178 g/mol. The van der Waals surface area contributed by atoms with E-state index in [1.165, 1.54) is 24.8 Å². The van der Waals surface area contributed by atoms with Gasteiger partial charge in [0.2, 0.25) is 0 Å². The molecule has 3 heteroatoms. The van der Waals surface area contributed by atoms with Gasteiger partial charge in [-0.1, -0.05) is 6.42 Å². The molecule has 13 heavy (non-hydrogen) atoms. The summed E-state index contributed by atoms with van der Waals surface area (Å²) in [5, 5.41) is 9.00. The van der Waals surface area contributed by atoms with Crippen molar-refractivity contribution in [2.24, 2.45) is 0 Å². The molecule has 1 fully saturated rings. The van der Waals surface area contributed by atoms with Crippen molar-refractivity contribution in [2.75, 3.05) is 5.73 Å². The third kappa shape index (κ3) is 1.52. The standard InChI is InChI=1S/C10H14N2O/c11-10-9(6-13)4-8(5-12-10)7-2-1-3-7/h4-5,7,13H,1-3,6H2,(H2,11,12). The summed E-state index contributed by atoms with van der Waals surface area (Å²) >= 11 is 0. The number of hydrogen-bond donors (Lipinski definition) is 2. The maximum Gasteiger partial charge on any atom is 0.128 e. The van der Waals surface area contributed by atoms with Gasteiger partial charge < -0.3 is 10.8 Å². The molecule has 0 aromatic carbocycles. The third-order valence-corrected chi connectivity index (χ3v) is 2.77. The van der Waals surface area contributed by atoms with Gasteiger partial charge in [0.15, 0.2) is 0 Å². The normalized spacial score (nSPS) is 17.0. The van der Waals surface area contributed by atoms with E-state index < -0.39 is 0 Å². The molecule has 0 unspecified atom stereocenters. The predicted octanol–water partition coefficient (Wildman–Crippen LogP) is 1.42. The van der Waals surface area contributed by atoms with E-state index in [0.717, 1.165) is 5.56 Å². The molecule has 1 aliphatic rings. The second-order valence-electron chi connectivity index (χ2n) is 3.60. The third-order valence-electron chi connectivity index (χ3n) is 2.77. The molecule has 0 radical (unpaired) electrons. The van der Waals surface area contributed by atoms with Crippen LogP contribution in [0.2, 0.25) is 0 Å². The van der Waals surface area contributed by atoms with E-state index in [4.69, 9.17) is 10.8 Å². The Labute approximate surface area is 77.6 Å². The zero-order chi connectivity index (χ0) is 9.26. The Bertz CT molecular complexity index is 308. The molecule has 1 aromatic rings. The van der Waals surface area contributed by atoms with Crippen LogP contribution in [0.15, 0.2) is 12.3 Å². The Morgan fingerprint density at radius 3 is 2.85 bits per heavy atom. The molecule has 1 heterocycles. The zero-order valence-corrected chi connectivity index (χ0v) is 7.53. The van der Waals surface area contributed by atoms with E-state index in [0.29, 0.717) is 11.7 Å². The summed E-state index contributed by atoms with van der Waals surface area (Å²) in [6.45, 7) is -0.0145. The van der Waals surface area contributed by atoms with Crippen LogP contribution in [0.25, 0.3) is 0 Å². The predicted molar refractivity (Wildman–Crippen MR) is 51.2 cm³/mol. The van der Waals surface area contributed by atoms with Gasteiger partial charge in [0, 0.05) is 11.8 Å². The number of aromatic nitrogens is 1. The van der Waals surface area contributed by atoms with Gasteiger partial charge in [0.05, 0.1) is 6.61 Å². The van der Waals surface area contributed by atoms with E-state index in [9.17, 15) is 0 Å². The quantitative estimate of drug-likeness (QED) is 0.720. The van der Waals surface area contributed by atoms with Crippen molar-refractivity contribution in [3.8, 4) is 0 Å². The number of hydrogen-bond acceptors (Lipinski definition) is 3. The van der Waals surface area contributed by atoms with Gasteiger partial charge in [-0.2, -0.15) is 0 Å². The van der Waals surface area contributed by atoms with Crippen LogP contribution in [0.1, 0.15) is 36.3 Å². The van der Waals surface area contributed by atoms with Crippen LogP contribution in [-0.4, -0.2) is 10.1 Å². The van der Waals surface area contributed by atoms with Crippen molar-refractivity contribution in [3.63, 3.8) is 0 Å². The van der Waals surface area contributed by atoms with Crippen molar-refractivity contribution in [1.29, 1.82) is 0 Å². The van der Waals surface area contributed by atoms with E-state index >= 15 is 0 Å². The van der Waals surface area contributed by atoms with Gasteiger partial charge in [0.25, 0.3) is 0 Å². The highest BCUT2D eigenvalue weighted by Gasteiger charge is 2.20. The lowest BCUT2D eigenvalue weighted by Crippen LogP contribution is -2.10. The minimum Gasteiger partial charge on any atom is -0.392 e. The van der Waals surface area contributed by atoms with Crippen molar-refractivity contribution < 1.29 is 5.11 Å². The fourth-order valence-electron chi connectivity index (χ4n) is 1.63. The Morgan fingerprint density at radius 2 is 2.31 bits per heavy atom. The molecular weight excluding hydrogens is 164 g/mol. The number of aliphatic hydroxyl groups excluding tert-OH is 1. The van der Waals surface area contributed by atoms with Crippen LogP contribution in [-0.2, 0) is 6.61 Å². The van der Waals surface area contributed by atoms with E-state index in [2.05, 4.69) is 4.98 Å². The van der Waals surface area contributed by atoms with Gasteiger partial charge in [-0.05, 0) is 30.4 Å². The van der Waals surface area contributed by atoms with Gasteiger partial charge in [-0.3, -0.25) is 0 Å². The first-order valence-electron chi connectivity index (χ1n) is 4.66. The van der Waals surface area contributed by atoms with E-state index in [1.54, 1.807) is 0 Å². The number of rotatable bonds is 2. The largest absolute Gasteiger partial charge is 0.392 e. The van der Waals surface area contributed by atoms with Crippen molar-refractivity contribution >= 4 is 5.82 Å². The second kappa shape index (κ2) is 3.34. The molecule has 3 nitrogen and oxygen atoms in total. The molecule has 1 aromatic heterocycles. The lowest BCUT2D eigenvalue weighted by Gasteiger charge is -2.25. The molecule has 0 aliphatic heterocycles. The van der Waals surface area contributed by atoms with Gasteiger partial charge in [-0.15, -0.1) is 0 Å². The van der Waals surface area contributed by atoms with Gasteiger partial charge in [-0.25, -0.2) is 4.98 Å². The van der Waals surface area contributed by atoms with Crippen LogP contribution < -0.4 is 5.73 Å². The maximum absolute atomic E-state index is 9.00. The highest BCUT2D eigenvalue weighted by Crippen LogP contribution is 2.36. The zero-order valence-electron chi connectivity index (χ0n) is 7.53. The number of aliphatic hydroxyl groups is 1. The monoisotopic (exact) mass is 178 g/mol. The summed E-state index contributed by atoms with van der Waals surface area (Å²) in [5.74, 6) is 1.10. The summed E-state index contributed by atoms with van der Waals surface area (Å²) < 4.78 is 0. The summed E-state index contributed by atoms with van der Waals surface area (Å²) in [6.07, 6.45) is 5.63. The van der Waals surface area contributed by atoms with Crippen molar-refractivity contribution in [1.82, 2.24) is 4.98 Å². The Hall–Kier alpha value is -1.09. The lowest BCUT2D eigenvalue weighted by molar-refractivity contribution is 0.281. The molecule has 2 rings (SSSR count). The van der Waals surface area contributed by atoms with E-state index in [1.807, 2.05) is 12.3 Å². The molecule has 0 amide bonds. The minimum absolute atomic E-state index is 0.0145. The first kappa shape index (κ1) is 8.51. The number of nitrogens with zero attached hydrogens (tertiary/aromatic N) is 1. The summed E-state index contributed by atoms with van der Waals surface area (Å²) in [4.78, 5) is 4.07. The molecule has 3 N–H and O–H groups in total. The van der Waals surface area contributed by atoms with Crippen LogP contribution in [0.3, 0.4) is 0 Å². The molecule has 1 saturated carbocycles. The van der Waals surface area contributed by atoms with Crippen LogP contribution >= 0.6 is 0 Å². The average Bonchev–Trinajstić information content (AvgIpc) is 2.05. The summed E-state index contributed by atoms with van der Waals surface area (Å²) in [5.41, 5.74) is 7.57. The minimum atomic E-state index is -0.0145. The van der Waals surface area contributed by atoms with Gasteiger partial charge >= 0.3 is 0 Å². The lowest BCUT2D eigenvalue weighted by atomic mass is 9.80. The van der Waals surface area contributed by atoms with E-state index in [-0.39, 0.29) is 6.61 Å². The molecule has 0 atom stereocenters. The molecule has 1 aliphatic carbocycles. The summed E-state index contributed by atoms with van der Waals surface area (Å²) in [7, 11) is 0. The number of nitrogens with two attached hydrogens (primary N) is 1. The van der Waals surface area contributed by atoms with Crippen LogP contribution in [0.4, 0.5) is 5.82 Å². The fourth-order valence-corrected chi connectivity index (χ4v) is 1.63. The maximum atomic E-state index is 9.00. The fraction of sp³-hybridized carbons (Fsp3) is 0.500. The molecular formula is C10H14N2O. The molecule has 70 valence electrons. The second-order valence-corrected chi connectivity index (χ2v) is 3.60. The topological polar surface area (TPSA) is 59.1 Å². The number of pyridine rings is 1. The smallest absolute Gasteiger partial charge is 0.128 e. The number of nitrogen functional groups attached to an aromatic ring is 1. The first-order chi connectivity index (χ1) is 6.31. The summed E-state index contributed by atoms with van der Waals surface area (Å²) in [6, 6.07) is 1.98. The highest BCUT2D eigenvalue weighted by molar-refractivity contribution is 5.41. The van der Waals surface area contributed by atoms with Crippen LogP contribution in [0, 0.1) is 0 Å². The van der Waals surface area contributed by atoms with Crippen molar-refractivity contribution in [2.45, 2.75) is 31.8 Å². The van der Waals surface area contributed by atoms with Crippen molar-refractivity contribution in [3.05, 3.63) is 23.4 Å².